The molecule has 0 heterocycles. The summed E-state index contributed by atoms with van der Waals surface area (Å²) in [6.45, 7) is 6.53. The molecule has 0 radical (unpaired) electrons. The van der Waals surface area contributed by atoms with Gasteiger partial charge in [0.1, 0.15) is 0 Å². The second-order valence-corrected chi connectivity index (χ2v) is 6.08. The highest BCUT2D eigenvalue weighted by atomic mass is 32.2. The molecule has 0 aromatic heterocycles. The molecule has 0 rings (SSSR count). The third-order valence-corrected chi connectivity index (χ3v) is 3.06. The van der Waals surface area contributed by atoms with E-state index in [1.807, 2.05) is 6.26 Å². The predicted octanol–water partition coefficient (Wildman–Crippen LogP) is 2.04. The van der Waals surface area contributed by atoms with Gasteiger partial charge in [-0.3, -0.25) is 4.79 Å². The van der Waals surface area contributed by atoms with Gasteiger partial charge in [0.05, 0.1) is 6.10 Å². The molecule has 1 atom stereocenters. The number of hydrogen-bond donors (Lipinski definition) is 2. The van der Waals surface area contributed by atoms with E-state index in [-0.39, 0.29) is 17.4 Å². The highest BCUT2D eigenvalue weighted by Gasteiger charge is 2.20. The maximum Gasteiger partial charge on any atom is 0.220 e. The van der Waals surface area contributed by atoms with Crippen molar-refractivity contribution in [3.8, 4) is 0 Å². The second kappa shape index (κ2) is 7.96. The first-order chi connectivity index (χ1) is 7.37. The summed E-state index contributed by atoms with van der Waals surface area (Å²) in [7, 11) is 0. The molecule has 0 aliphatic heterocycles. The Morgan fingerprint density at radius 3 is 2.62 bits per heavy atom. The first-order valence-electron chi connectivity index (χ1n) is 5.81. The largest absolute Gasteiger partial charge is 0.393 e. The van der Waals surface area contributed by atoms with Gasteiger partial charge in [-0.2, -0.15) is 11.8 Å². The molecule has 0 spiro atoms. The van der Waals surface area contributed by atoms with Crippen LogP contribution in [0.3, 0.4) is 0 Å². The van der Waals surface area contributed by atoms with Gasteiger partial charge in [-0.1, -0.05) is 13.8 Å². The zero-order valence-electron chi connectivity index (χ0n) is 10.9. The molecular weight excluding hydrogens is 222 g/mol. The van der Waals surface area contributed by atoms with E-state index in [4.69, 9.17) is 0 Å². The number of nitrogens with one attached hydrogen (secondary N) is 1. The molecular formula is C12H25NO2S. The van der Waals surface area contributed by atoms with Gasteiger partial charge in [0.2, 0.25) is 5.91 Å². The minimum Gasteiger partial charge on any atom is -0.393 e. The molecule has 2 N–H and O–H groups in total. The van der Waals surface area contributed by atoms with Crippen molar-refractivity contribution in [3.63, 3.8) is 0 Å². The number of rotatable bonds is 8. The number of amides is 1. The highest BCUT2D eigenvalue weighted by molar-refractivity contribution is 7.98. The van der Waals surface area contributed by atoms with Crippen LogP contribution in [0.1, 0.15) is 40.0 Å². The summed E-state index contributed by atoms with van der Waals surface area (Å²) >= 11 is 1.76. The van der Waals surface area contributed by atoms with E-state index in [0.717, 1.165) is 12.2 Å². The Kier molecular flexibility index (Phi) is 7.85. The van der Waals surface area contributed by atoms with Crippen LogP contribution in [0.25, 0.3) is 0 Å². The Hall–Kier alpha value is -0.220. The van der Waals surface area contributed by atoms with Gasteiger partial charge in [-0.25, -0.2) is 0 Å². The normalized spacial score (nSPS) is 13.6. The zero-order valence-corrected chi connectivity index (χ0v) is 11.7. The van der Waals surface area contributed by atoms with Crippen LogP contribution >= 0.6 is 11.8 Å². The van der Waals surface area contributed by atoms with E-state index >= 15 is 0 Å². The third-order valence-electron chi connectivity index (χ3n) is 2.36. The lowest BCUT2D eigenvalue weighted by Gasteiger charge is -2.26. The van der Waals surface area contributed by atoms with E-state index in [1.165, 1.54) is 0 Å². The quantitative estimate of drug-likeness (QED) is 0.645. The minimum atomic E-state index is -0.316. The standard InChI is InChI=1S/C12H25NO2S/c1-10(14)8-12(2,3)9-13-11(15)6-5-7-16-4/h10,14H,5-9H2,1-4H3,(H,13,15). The maximum atomic E-state index is 11.5. The molecule has 0 saturated heterocycles. The summed E-state index contributed by atoms with van der Waals surface area (Å²) in [4.78, 5) is 11.5. The smallest absolute Gasteiger partial charge is 0.220 e. The molecule has 0 aromatic carbocycles. The number of thioether (sulfide) groups is 1. The van der Waals surface area contributed by atoms with Gasteiger partial charge < -0.3 is 10.4 Å². The van der Waals surface area contributed by atoms with Gasteiger partial charge in [0, 0.05) is 13.0 Å². The van der Waals surface area contributed by atoms with Crippen LogP contribution < -0.4 is 5.32 Å². The van der Waals surface area contributed by atoms with E-state index in [2.05, 4.69) is 19.2 Å². The van der Waals surface area contributed by atoms with Crippen LogP contribution in [0.5, 0.6) is 0 Å². The number of carbonyl (C=O) groups is 1. The zero-order chi connectivity index (χ0) is 12.6. The van der Waals surface area contributed by atoms with Crippen molar-refractivity contribution < 1.29 is 9.90 Å². The monoisotopic (exact) mass is 247 g/mol. The van der Waals surface area contributed by atoms with Crippen LogP contribution in [0.15, 0.2) is 0 Å². The Labute approximate surface area is 103 Å². The van der Waals surface area contributed by atoms with Crippen molar-refractivity contribution in [2.75, 3.05) is 18.6 Å². The summed E-state index contributed by atoms with van der Waals surface area (Å²) in [5.41, 5.74) is -0.0384. The van der Waals surface area contributed by atoms with Crippen LogP contribution in [-0.2, 0) is 4.79 Å². The van der Waals surface area contributed by atoms with Gasteiger partial charge in [0.25, 0.3) is 0 Å². The summed E-state index contributed by atoms with van der Waals surface area (Å²) < 4.78 is 0. The van der Waals surface area contributed by atoms with Crippen molar-refractivity contribution in [1.82, 2.24) is 5.32 Å². The fourth-order valence-corrected chi connectivity index (χ4v) is 2.11. The van der Waals surface area contributed by atoms with E-state index in [1.54, 1.807) is 18.7 Å². The molecule has 0 bridgehead atoms. The average Bonchev–Trinajstić information content (AvgIpc) is 2.13. The van der Waals surface area contributed by atoms with Crippen LogP contribution in [-0.4, -0.2) is 35.7 Å². The van der Waals surface area contributed by atoms with Crippen LogP contribution in [0.2, 0.25) is 0 Å². The lowest BCUT2D eigenvalue weighted by molar-refractivity contribution is -0.121. The van der Waals surface area contributed by atoms with Gasteiger partial charge in [-0.05, 0) is 37.2 Å². The van der Waals surface area contributed by atoms with Crippen molar-refractivity contribution in [2.24, 2.45) is 5.41 Å². The van der Waals surface area contributed by atoms with Gasteiger partial charge in [0.15, 0.2) is 0 Å². The molecule has 1 amide bonds. The molecule has 1 unspecified atom stereocenters. The summed E-state index contributed by atoms with van der Waals surface area (Å²) in [6, 6.07) is 0. The summed E-state index contributed by atoms with van der Waals surface area (Å²) in [6.07, 6.45) is 3.97. The Balaban J connectivity index is 3.72. The Morgan fingerprint density at radius 1 is 1.50 bits per heavy atom. The van der Waals surface area contributed by atoms with E-state index < -0.39 is 0 Å². The lowest BCUT2D eigenvalue weighted by atomic mass is 9.87. The minimum absolute atomic E-state index is 0.0384. The third kappa shape index (κ3) is 9.04. The first-order valence-corrected chi connectivity index (χ1v) is 7.20. The molecule has 96 valence electrons. The summed E-state index contributed by atoms with van der Waals surface area (Å²) in [5, 5.41) is 12.2. The molecule has 0 saturated carbocycles. The molecule has 16 heavy (non-hydrogen) atoms. The fraction of sp³-hybridized carbons (Fsp3) is 0.917. The van der Waals surface area contributed by atoms with Crippen LogP contribution in [0, 0.1) is 5.41 Å². The van der Waals surface area contributed by atoms with E-state index in [0.29, 0.717) is 19.4 Å². The molecule has 4 heteroatoms. The molecule has 0 aromatic rings. The van der Waals surface area contributed by atoms with Crippen molar-refractivity contribution >= 4 is 17.7 Å². The Bertz CT molecular complexity index is 205. The lowest BCUT2D eigenvalue weighted by Crippen LogP contribution is -2.35. The first kappa shape index (κ1) is 15.8. The fourth-order valence-electron chi connectivity index (χ4n) is 1.68. The van der Waals surface area contributed by atoms with E-state index in [9.17, 15) is 9.90 Å². The second-order valence-electron chi connectivity index (χ2n) is 5.09. The number of hydrogen-bond acceptors (Lipinski definition) is 3. The summed E-state index contributed by atoms with van der Waals surface area (Å²) in [5.74, 6) is 1.15. The Morgan fingerprint density at radius 2 is 2.12 bits per heavy atom. The number of aliphatic hydroxyl groups excluding tert-OH is 1. The topological polar surface area (TPSA) is 49.3 Å². The SMILES string of the molecule is CSCCCC(=O)NCC(C)(C)CC(C)O. The van der Waals surface area contributed by atoms with Crippen molar-refractivity contribution in [1.29, 1.82) is 0 Å². The average molecular weight is 247 g/mol. The molecule has 0 fully saturated rings. The molecule has 0 aliphatic rings. The van der Waals surface area contributed by atoms with Crippen molar-refractivity contribution in [3.05, 3.63) is 0 Å². The number of carbonyl (C=O) groups excluding carboxylic acids is 1. The van der Waals surface area contributed by atoms with Crippen molar-refractivity contribution in [2.45, 2.75) is 46.1 Å². The molecule has 0 aliphatic carbocycles. The maximum absolute atomic E-state index is 11.5. The molecule has 3 nitrogen and oxygen atoms in total. The van der Waals surface area contributed by atoms with Crippen LogP contribution in [0.4, 0.5) is 0 Å². The van der Waals surface area contributed by atoms with Gasteiger partial charge in [-0.15, -0.1) is 0 Å². The van der Waals surface area contributed by atoms with Gasteiger partial charge >= 0.3 is 0 Å². The highest BCUT2D eigenvalue weighted by Crippen LogP contribution is 2.21. The predicted molar refractivity (Wildman–Crippen MR) is 70.7 cm³/mol. The number of aliphatic hydroxyl groups is 1.